The Morgan fingerprint density at radius 1 is 1.55 bits per heavy atom. The molecule has 0 fully saturated rings. The van der Waals surface area contributed by atoms with Gasteiger partial charge in [0.1, 0.15) is 37.1 Å². The third-order valence-corrected chi connectivity index (χ3v) is 4.89. The second-order valence-corrected chi connectivity index (χ2v) is 6.63. The minimum Gasteiger partial charge on any atom is -0.477 e. The van der Waals surface area contributed by atoms with Gasteiger partial charge in [-0.05, 0) is 12.1 Å². The number of amides is 2. The minimum absolute atomic E-state index is 0.121. The molecule has 1 aromatic heterocycles. The van der Waals surface area contributed by atoms with Crippen molar-refractivity contribution in [3.05, 3.63) is 35.4 Å². The van der Waals surface area contributed by atoms with E-state index in [2.05, 4.69) is 25.4 Å². The van der Waals surface area contributed by atoms with Crippen LogP contribution in [0.1, 0.15) is 5.76 Å². The van der Waals surface area contributed by atoms with Gasteiger partial charge in [0.15, 0.2) is 5.76 Å². The van der Waals surface area contributed by atoms with Crippen molar-refractivity contribution in [3.8, 4) is 0 Å². The number of hydrogen-bond acceptors (Lipinski definition) is 10. The maximum atomic E-state index is 12.5. The number of nitrogens with zero attached hydrogens (tertiary/aromatic N) is 1. The van der Waals surface area contributed by atoms with Gasteiger partial charge in [-0.3, -0.25) is 4.79 Å². The molecule has 1 aromatic rings. The van der Waals surface area contributed by atoms with Gasteiger partial charge >= 0.3 is 12.1 Å². The van der Waals surface area contributed by atoms with Gasteiger partial charge in [-0.25, -0.2) is 9.59 Å². The fourth-order valence-corrected chi connectivity index (χ4v) is 3.48. The van der Waals surface area contributed by atoms with E-state index < -0.39 is 29.4 Å². The Balaban J connectivity index is 2.14. The van der Waals surface area contributed by atoms with Crippen molar-refractivity contribution in [2.24, 2.45) is 10.9 Å². The number of thioether (sulfide) groups is 1. The summed E-state index contributed by atoms with van der Waals surface area (Å²) in [6, 6.07) is 1.91. The summed E-state index contributed by atoms with van der Waals surface area (Å²) < 4.78 is 9.75. The van der Waals surface area contributed by atoms with E-state index in [1.807, 2.05) is 0 Å². The van der Waals surface area contributed by atoms with Crippen LogP contribution < -0.4 is 16.4 Å². The number of ether oxygens (including phenoxy) is 1. The molecule has 2 heterocycles. The molecule has 2 rings (SSSR count). The van der Waals surface area contributed by atoms with Crippen LogP contribution >= 0.6 is 11.8 Å². The molecule has 0 aromatic carbocycles. The van der Waals surface area contributed by atoms with Crippen molar-refractivity contribution in [2.45, 2.75) is 11.4 Å². The summed E-state index contributed by atoms with van der Waals surface area (Å²) in [4.78, 5) is 51.0. The molecule has 13 heteroatoms. The van der Waals surface area contributed by atoms with E-state index in [4.69, 9.17) is 10.2 Å². The normalized spacial score (nSPS) is 17.7. The molecule has 0 radical (unpaired) electrons. The van der Waals surface area contributed by atoms with E-state index in [-0.39, 0.29) is 35.1 Å². The number of furan rings is 1. The van der Waals surface area contributed by atoms with Crippen molar-refractivity contribution >= 4 is 41.7 Å². The molecule has 0 spiro atoms. The number of carboxylic acids is 1. The van der Waals surface area contributed by atoms with Crippen LogP contribution in [0, 0.1) is 0 Å². The highest BCUT2D eigenvalue weighted by Crippen LogP contribution is 2.24. The summed E-state index contributed by atoms with van der Waals surface area (Å²) in [6.45, 7) is -0.315. The maximum absolute atomic E-state index is 12.5. The van der Waals surface area contributed by atoms with Crippen molar-refractivity contribution in [1.82, 2.24) is 10.6 Å². The Hall–Kier alpha value is -3.48. The highest BCUT2D eigenvalue weighted by molar-refractivity contribution is 8.00. The molecule has 1 aliphatic rings. The second kappa shape index (κ2) is 10.2. The molecule has 0 aliphatic carbocycles. The summed E-state index contributed by atoms with van der Waals surface area (Å²) in [5, 5.41) is 17.3. The third-order valence-electron chi connectivity index (χ3n) is 3.60. The van der Waals surface area contributed by atoms with E-state index in [0.29, 0.717) is 6.29 Å². The fraction of sp³-hybridized carbons (Fsp3) is 0.312. The number of carboxylic acid groups (broad SMARTS) is 1. The summed E-state index contributed by atoms with van der Waals surface area (Å²) in [5.74, 6) is -1.82. The molecular formula is C16H18N4O8S. The van der Waals surface area contributed by atoms with Crippen molar-refractivity contribution < 1.29 is 38.3 Å². The van der Waals surface area contributed by atoms with Crippen LogP contribution in [-0.2, 0) is 24.0 Å². The molecule has 0 saturated heterocycles. The molecule has 2 amide bonds. The Bertz CT molecular complexity index is 836. The third kappa shape index (κ3) is 5.75. The van der Waals surface area contributed by atoms with Crippen molar-refractivity contribution in [1.29, 1.82) is 0 Å². The lowest BCUT2D eigenvalue weighted by Crippen LogP contribution is -2.53. The second-order valence-electron chi connectivity index (χ2n) is 5.50. The van der Waals surface area contributed by atoms with Gasteiger partial charge < -0.3 is 40.3 Å². The molecule has 2 atom stereocenters. The lowest BCUT2D eigenvalue weighted by Gasteiger charge is -2.30. The van der Waals surface area contributed by atoms with Crippen LogP contribution in [0.5, 0.6) is 0 Å². The number of aldehydes is 1. The largest absolute Gasteiger partial charge is 0.477 e. The zero-order valence-electron chi connectivity index (χ0n) is 15.1. The van der Waals surface area contributed by atoms with Crippen LogP contribution in [0.3, 0.4) is 0 Å². The number of rotatable bonds is 9. The van der Waals surface area contributed by atoms with Gasteiger partial charge in [0, 0.05) is 11.3 Å². The molecule has 0 bridgehead atoms. The summed E-state index contributed by atoms with van der Waals surface area (Å²) in [5.41, 5.74) is 4.72. The molecule has 0 unspecified atom stereocenters. The van der Waals surface area contributed by atoms with Gasteiger partial charge in [-0.2, -0.15) is 0 Å². The first kappa shape index (κ1) is 21.8. The van der Waals surface area contributed by atoms with Gasteiger partial charge in [0.2, 0.25) is 5.71 Å². The molecular weight excluding hydrogens is 408 g/mol. The monoisotopic (exact) mass is 426 g/mol. The Kier molecular flexibility index (Phi) is 7.65. The van der Waals surface area contributed by atoms with Crippen molar-refractivity contribution in [2.75, 3.05) is 19.5 Å². The predicted molar refractivity (Wildman–Crippen MR) is 99.8 cm³/mol. The average molecular weight is 426 g/mol. The number of primary amides is 1. The highest BCUT2D eigenvalue weighted by Gasteiger charge is 2.33. The van der Waals surface area contributed by atoms with E-state index in [1.165, 1.54) is 19.4 Å². The average Bonchev–Trinajstić information content (AvgIpc) is 3.22. The standard InChI is InChI=1S/C16H18N4O8S/c1-26-20-12(10-3-2-4-27-10)13(22)18-9(5-21)14-19-11(15(23)24)8(7-29-14)6-28-16(17)25/h2-5,9,14,19H,6-7H2,1H3,(H2,17,25)(H,18,22)(H,23,24)/b20-12-/t9-,14-/m1/s1. The molecule has 1 aliphatic heterocycles. The number of carbonyl (C=O) groups is 4. The molecule has 5 N–H and O–H groups in total. The van der Waals surface area contributed by atoms with Crippen LogP contribution in [0.4, 0.5) is 4.79 Å². The smallest absolute Gasteiger partial charge is 0.404 e. The van der Waals surface area contributed by atoms with Crippen molar-refractivity contribution in [3.63, 3.8) is 0 Å². The van der Waals surface area contributed by atoms with E-state index in [1.54, 1.807) is 6.07 Å². The highest BCUT2D eigenvalue weighted by atomic mass is 32.2. The van der Waals surface area contributed by atoms with Crippen LogP contribution in [0.15, 0.2) is 39.2 Å². The lowest BCUT2D eigenvalue weighted by atomic mass is 10.2. The number of hydrogen-bond donors (Lipinski definition) is 4. The fourth-order valence-electron chi connectivity index (χ4n) is 2.33. The molecule has 12 nitrogen and oxygen atoms in total. The zero-order chi connectivity index (χ0) is 21.4. The number of nitrogens with two attached hydrogens (primary N) is 1. The van der Waals surface area contributed by atoms with Gasteiger partial charge in [0.05, 0.1) is 6.26 Å². The van der Waals surface area contributed by atoms with Crippen LogP contribution in [-0.4, -0.2) is 66.0 Å². The lowest BCUT2D eigenvalue weighted by molar-refractivity contribution is -0.133. The number of carbonyl (C=O) groups excluding carboxylic acids is 3. The minimum atomic E-state index is -1.31. The van der Waals surface area contributed by atoms with Gasteiger partial charge in [0.25, 0.3) is 5.91 Å². The Morgan fingerprint density at radius 3 is 2.86 bits per heavy atom. The molecule has 0 saturated carbocycles. The number of nitrogens with one attached hydrogen (secondary N) is 2. The summed E-state index contributed by atoms with van der Waals surface area (Å²) in [6.07, 6.45) is 0.748. The first-order valence-electron chi connectivity index (χ1n) is 8.04. The topological polar surface area (TPSA) is 183 Å². The summed E-state index contributed by atoms with van der Waals surface area (Å²) in [7, 11) is 1.24. The summed E-state index contributed by atoms with van der Waals surface area (Å²) >= 11 is 1.14. The quantitative estimate of drug-likeness (QED) is 0.226. The zero-order valence-corrected chi connectivity index (χ0v) is 15.9. The Morgan fingerprint density at radius 2 is 2.31 bits per heavy atom. The predicted octanol–water partition coefficient (Wildman–Crippen LogP) is -0.590. The van der Waals surface area contributed by atoms with Gasteiger partial charge in [-0.1, -0.05) is 5.16 Å². The number of oxime groups is 1. The molecule has 156 valence electrons. The SMILES string of the molecule is CO/N=C(\C(=O)N[C@H](C=O)[C@@H]1NC(C(=O)O)=C(COC(N)=O)CS1)c1ccco1. The Labute approximate surface area is 168 Å². The van der Waals surface area contributed by atoms with Crippen LogP contribution in [0.25, 0.3) is 0 Å². The van der Waals surface area contributed by atoms with Crippen LogP contribution in [0.2, 0.25) is 0 Å². The maximum Gasteiger partial charge on any atom is 0.404 e. The van der Waals surface area contributed by atoms with E-state index in [9.17, 15) is 24.3 Å². The first-order valence-corrected chi connectivity index (χ1v) is 9.09. The van der Waals surface area contributed by atoms with E-state index >= 15 is 0 Å². The van der Waals surface area contributed by atoms with E-state index in [0.717, 1.165) is 11.8 Å². The van der Waals surface area contributed by atoms with Gasteiger partial charge in [-0.15, -0.1) is 11.8 Å². The number of aliphatic carboxylic acids is 1. The molecule has 29 heavy (non-hydrogen) atoms. The first-order chi connectivity index (χ1) is 13.9.